The van der Waals surface area contributed by atoms with Gasteiger partial charge in [0, 0.05) is 0 Å². The smallest absolute Gasteiger partial charge is 0.00221 e. The minimum absolute atomic E-state index is 1.03. The van der Waals surface area contributed by atoms with Crippen molar-refractivity contribution in [2.45, 2.75) is 47.0 Å². The first-order valence-electron chi connectivity index (χ1n) is 5.62. The summed E-state index contributed by atoms with van der Waals surface area (Å²) < 4.78 is 0. The molecule has 1 aliphatic rings. The van der Waals surface area contributed by atoms with Crippen molar-refractivity contribution in [1.29, 1.82) is 0 Å². The van der Waals surface area contributed by atoms with Gasteiger partial charge in [-0.05, 0) is 58.1 Å². The van der Waals surface area contributed by atoms with Gasteiger partial charge in [-0.3, -0.25) is 0 Å². The SMILES string of the molecule is C=C(C)C1=C(C)CCC(C)=C(C(=C)C)C1. The molecule has 0 bridgehead atoms. The highest BCUT2D eigenvalue weighted by Gasteiger charge is 2.14. The Hall–Kier alpha value is -1.04. The van der Waals surface area contributed by atoms with E-state index >= 15 is 0 Å². The molecule has 15 heavy (non-hydrogen) atoms. The summed E-state index contributed by atoms with van der Waals surface area (Å²) in [4.78, 5) is 0. The van der Waals surface area contributed by atoms with Crippen molar-refractivity contribution in [2.24, 2.45) is 0 Å². The van der Waals surface area contributed by atoms with Gasteiger partial charge < -0.3 is 0 Å². The van der Waals surface area contributed by atoms with Crippen molar-refractivity contribution in [3.8, 4) is 0 Å². The second-order valence-electron chi connectivity index (χ2n) is 4.76. The van der Waals surface area contributed by atoms with E-state index < -0.39 is 0 Å². The normalized spacial score (nSPS) is 17.9. The number of hydrogen-bond donors (Lipinski definition) is 0. The molecule has 0 atom stereocenters. The number of rotatable bonds is 2. The Kier molecular flexibility index (Phi) is 3.73. The highest BCUT2D eigenvalue weighted by molar-refractivity contribution is 5.44. The summed E-state index contributed by atoms with van der Waals surface area (Å²) in [6, 6.07) is 0. The van der Waals surface area contributed by atoms with Crippen molar-refractivity contribution in [1.82, 2.24) is 0 Å². The first-order chi connectivity index (χ1) is 6.93. The summed E-state index contributed by atoms with van der Waals surface area (Å²) in [5.74, 6) is 0. The topological polar surface area (TPSA) is 0 Å². The van der Waals surface area contributed by atoms with Gasteiger partial charge in [-0.1, -0.05) is 35.5 Å². The summed E-state index contributed by atoms with van der Waals surface area (Å²) in [6.07, 6.45) is 3.37. The van der Waals surface area contributed by atoms with E-state index in [2.05, 4.69) is 40.9 Å². The molecule has 0 heterocycles. The molecule has 82 valence electrons. The summed E-state index contributed by atoms with van der Waals surface area (Å²) in [6.45, 7) is 16.8. The third-order valence-corrected chi connectivity index (χ3v) is 3.29. The molecule has 0 radical (unpaired) electrons. The molecule has 0 aromatic rings. The fraction of sp³-hybridized carbons (Fsp3) is 0.467. The van der Waals surface area contributed by atoms with Crippen molar-refractivity contribution >= 4 is 0 Å². The molecule has 0 nitrogen and oxygen atoms in total. The van der Waals surface area contributed by atoms with Gasteiger partial charge in [-0.2, -0.15) is 0 Å². The molecule has 0 spiro atoms. The van der Waals surface area contributed by atoms with Crippen molar-refractivity contribution in [3.05, 3.63) is 46.6 Å². The lowest BCUT2D eigenvalue weighted by atomic mass is 9.93. The molecule has 0 fully saturated rings. The molecule has 1 aliphatic carbocycles. The standard InChI is InChI=1S/C15H22/c1-10(2)14-9-15(11(3)4)13(6)8-7-12(14)5/h1,3,7-9H2,2,4-6H3. The lowest BCUT2D eigenvalue weighted by molar-refractivity contribution is 0.921. The van der Waals surface area contributed by atoms with Crippen LogP contribution in [0.25, 0.3) is 0 Å². The van der Waals surface area contributed by atoms with Crippen LogP contribution in [0.15, 0.2) is 46.6 Å². The van der Waals surface area contributed by atoms with Gasteiger partial charge in [0.05, 0.1) is 0 Å². The van der Waals surface area contributed by atoms with Crippen LogP contribution in [-0.4, -0.2) is 0 Å². The first-order valence-corrected chi connectivity index (χ1v) is 5.62. The van der Waals surface area contributed by atoms with Gasteiger partial charge in [-0.15, -0.1) is 0 Å². The van der Waals surface area contributed by atoms with Crippen LogP contribution < -0.4 is 0 Å². The van der Waals surface area contributed by atoms with Gasteiger partial charge >= 0.3 is 0 Å². The van der Waals surface area contributed by atoms with Crippen molar-refractivity contribution in [2.75, 3.05) is 0 Å². The molecule has 0 aliphatic heterocycles. The minimum Gasteiger partial charge on any atom is -0.0958 e. The fourth-order valence-electron chi connectivity index (χ4n) is 2.19. The van der Waals surface area contributed by atoms with E-state index in [0.717, 1.165) is 6.42 Å². The monoisotopic (exact) mass is 202 g/mol. The molecule has 1 rings (SSSR count). The minimum atomic E-state index is 1.03. The maximum Gasteiger partial charge on any atom is -0.00221 e. The zero-order chi connectivity index (χ0) is 11.6. The van der Waals surface area contributed by atoms with E-state index in [4.69, 9.17) is 0 Å². The van der Waals surface area contributed by atoms with E-state index in [1.165, 1.54) is 46.3 Å². The largest absolute Gasteiger partial charge is 0.0958 e. The van der Waals surface area contributed by atoms with Crippen LogP contribution in [0, 0.1) is 0 Å². The zero-order valence-corrected chi connectivity index (χ0v) is 10.5. The third kappa shape index (κ3) is 2.71. The highest BCUT2D eigenvalue weighted by Crippen LogP contribution is 2.33. The molecular weight excluding hydrogens is 180 g/mol. The quantitative estimate of drug-likeness (QED) is 0.594. The Morgan fingerprint density at radius 3 is 1.47 bits per heavy atom. The van der Waals surface area contributed by atoms with E-state index in [1.54, 1.807) is 0 Å². The molecular formula is C15H22. The van der Waals surface area contributed by atoms with Gasteiger partial charge in [0.1, 0.15) is 0 Å². The summed E-state index contributed by atoms with van der Waals surface area (Å²) >= 11 is 0. The Bertz CT molecular complexity index is 325. The Morgan fingerprint density at radius 2 is 1.20 bits per heavy atom. The third-order valence-electron chi connectivity index (χ3n) is 3.29. The summed E-state index contributed by atoms with van der Waals surface area (Å²) in [7, 11) is 0. The molecule has 0 N–H and O–H groups in total. The van der Waals surface area contributed by atoms with Crippen LogP contribution in [-0.2, 0) is 0 Å². The van der Waals surface area contributed by atoms with Crippen LogP contribution in [0.4, 0.5) is 0 Å². The van der Waals surface area contributed by atoms with Crippen LogP contribution in [0.5, 0.6) is 0 Å². The number of allylic oxidation sites excluding steroid dienone is 6. The molecule has 0 heteroatoms. The fourth-order valence-corrected chi connectivity index (χ4v) is 2.19. The van der Waals surface area contributed by atoms with Gasteiger partial charge in [0.25, 0.3) is 0 Å². The molecule has 0 saturated carbocycles. The zero-order valence-electron chi connectivity index (χ0n) is 10.5. The lowest BCUT2D eigenvalue weighted by Gasteiger charge is -2.12. The van der Waals surface area contributed by atoms with E-state index in [-0.39, 0.29) is 0 Å². The second-order valence-corrected chi connectivity index (χ2v) is 4.76. The van der Waals surface area contributed by atoms with Crippen molar-refractivity contribution in [3.63, 3.8) is 0 Å². The van der Waals surface area contributed by atoms with Crippen LogP contribution >= 0.6 is 0 Å². The van der Waals surface area contributed by atoms with Gasteiger partial charge in [-0.25, -0.2) is 0 Å². The van der Waals surface area contributed by atoms with Crippen LogP contribution in [0.2, 0.25) is 0 Å². The molecule has 0 saturated heterocycles. The van der Waals surface area contributed by atoms with E-state index in [0.29, 0.717) is 0 Å². The van der Waals surface area contributed by atoms with E-state index in [9.17, 15) is 0 Å². The van der Waals surface area contributed by atoms with Crippen LogP contribution in [0.1, 0.15) is 47.0 Å². The highest BCUT2D eigenvalue weighted by atomic mass is 14.2. The van der Waals surface area contributed by atoms with Gasteiger partial charge in [0.15, 0.2) is 0 Å². The predicted molar refractivity (Wildman–Crippen MR) is 68.9 cm³/mol. The summed E-state index contributed by atoms with van der Waals surface area (Å²) in [5, 5.41) is 0. The maximum absolute atomic E-state index is 4.08. The van der Waals surface area contributed by atoms with Crippen molar-refractivity contribution < 1.29 is 0 Å². The van der Waals surface area contributed by atoms with Gasteiger partial charge in [0.2, 0.25) is 0 Å². The molecule has 0 aromatic heterocycles. The lowest BCUT2D eigenvalue weighted by Crippen LogP contribution is -1.93. The predicted octanol–water partition coefficient (Wildman–Crippen LogP) is 4.96. The Labute approximate surface area is 94.1 Å². The Balaban J connectivity index is 3.12. The Morgan fingerprint density at radius 1 is 0.867 bits per heavy atom. The molecule has 0 amide bonds. The average Bonchev–Trinajstić information content (AvgIpc) is 2.26. The van der Waals surface area contributed by atoms with E-state index in [1.807, 2.05) is 0 Å². The second kappa shape index (κ2) is 4.65. The van der Waals surface area contributed by atoms with Crippen LogP contribution in [0.3, 0.4) is 0 Å². The maximum atomic E-state index is 4.08. The average molecular weight is 202 g/mol. The molecule has 0 aromatic carbocycles. The first kappa shape index (κ1) is 12.0. The number of hydrogen-bond acceptors (Lipinski definition) is 0. The molecule has 0 unspecified atom stereocenters. The summed E-state index contributed by atoms with van der Waals surface area (Å²) in [5.41, 5.74) is 8.28.